The molecule has 2 N–H and O–H groups in total. The molecule has 0 radical (unpaired) electrons. The second-order valence-corrected chi connectivity index (χ2v) is 9.33. The largest absolute Gasteiger partial charge is 0.491 e. The maximum absolute atomic E-state index is 12.3. The van der Waals surface area contributed by atoms with Gasteiger partial charge in [0, 0.05) is 0 Å². The van der Waals surface area contributed by atoms with E-state index in [1.807, 2.05) is 0 Å². The quantitative estimate of drug-likeness (QED) is 0.611. The summed E-state index contributed by atoms with van der Waals surface area (Å²) in [7, 11) is -4.05. The highest BCUT2D eigenvalue weighted by molar-refractivity contribution is 7.93. The van der Waals surface area contributed by atoms with Gasteiger partial charge in [-0.15, -0.1) is 0 Å². The van der Waals surface area contributed by atoms with Crippen molar-refractivity contribution >= 4 is 27.6 Å². The van der Waals surface area contributed by atoms with Gasteiger partial charge in [-0.25, -0.2) is 8.42 Å². The zero-order valence-corrected chi connectivity index (χ0v) is 16.5. The normalized spacial score (nSPS) is 14.5. The molecule has 0 heterocycles. The molecule has 0 amide bonds. The third-order valence-electron chi connectivity index (χ3n) is 3.56. The van der Waals surface area contributed by atoms with Crippen molar-refractivity contribution in [3.8, 4) is 5.75 Å². The Labute approximate surface area is 158 Å². The lowest BCUT2D eigenvalue weighted by Crippen LogP contribution is -2.31. The Bertz CT molecular complexity index is 807. The number of hydrogen-bond acceptors (Lipinski definition) is 6. The first-order valence-electron chi connectivity index (χ1n) is 8.63. The van der Waals surface area contributed by atoms with E-state index in [1.165, 1.54) is 12.1 Å². The number of aliphatic carboxylic acids is 1. The monoisotopic (exact) mass is 399 g/mol. The molecule has 0 saturated heterocycles. The van der Waals surface area contributed by atoms with E-state index < -0.39 is 33.3 Å². The van der Waals surface area contributed by atoms with Gasteiger partial charge < -0.3 is 14.6 Å². The van der Waals surface area contributed by atoms with Crippen molar-refractivity contribution in [3.05, 3.63) is 23.8 Å². The smallest absolute Gasteiger partial charge is 0.323 e. The fourth-order valence-electron chi connectivity index (χ4n) is 2.29. The highest BCUT2D eigenvalue weighted by Gasteiger charge is 2.25. The van der Waals surface area contributed by atoms with Crippen LogP contribution in [-0.4, -0.2) is 43.4 Å². The van der Waals surface area contributed by atoms with E-state index in [0.29, 0.717) is 23.8 Å². The Kier molecular flexibility index (Phi) is 6.35. The molecule has 0 atom stereocenters. The van der Waals surface area contributed by atoms with Crippen molar-refractivity contribution in [1.82, 2.24) is 0 Å². The van der Waals surface area contributed by atoms with Gasteiger partial charge in [-0.05, 0) is 57.2 Å². The molecule has 0 bridgehead atoms. The van der Waals surface area contributed by atoms with Crippen LogP contribution >= 0.6 is 0 Å². The van der Waals surface area contributed by atoms with Gasteiger partial charge in [0.25, 0.3) is 0 Å². The van der Waals surface area contributed by atoms with Gasteiger partial charge >= 0.3 is 11.9 Å². The number of carboxylic acid groups (broad SMARTS) is 1. The number of benzene rings is 1. The second-order valence-electron chi connectivity index (χ2n) is 7.60. The van der Waals surface area contributed by atoms with Crippen LogP contribution < -0.4 is 9.46 Å². The van der Waals surface area contributed by atoms with Crippen LogP contribution in [0.3, 0.4) is 0 Å². The summed E-state index contributed by atoms with van der Waals surface area (Å²) in [6.45, 7) is 5.39. The maximum Gasteiger partial charge on any atom is 0.323 e. The zero-order chi connectivity index (χ0) is 20.2. The SMILES string of the molecule is CC(C)(C)OC(=O)CS(=O)(=O)Nc1cc(CC(=O)O)ccc1OCC1CC1. The van der Waals surface area contributed by atoms with Gasteiger partial charge in [-0.1, -0.05) is 6.07 Å². The number of ether oxygens (including phenoxy) is 2. The van der Waals surface area contributed by atoms with E-state index in [0.717, 1.165) is 12.8 Å². The predicted molar refractivity (Wildman–Crippen MR) is 99.3 cm³/mol. The Morgan fingerprint density at radius 2 is 1.93 bits per heavy atom. The van der Waals surface area contributed by atoms with Crippen molar-refractivity contribution in [2.75, 3.05) is 17.1 Å². The topological polar surface area (TPSA) is 119 Å². The van der Waals surface area contributed by atoms with Crippen LogP contribution in [0.5, 0.6) is 5.75 Å². The van der Waals surface area contributed by atoms with Gasteiger partial charge in [0.05, 0.1) is 18.7 Å². The van der Waals surface area contributed by atoms with E-state index >= 15 is 0 Å². The zero-order valence-electron chi connectivity index (χ0n) is 15.6. The highest BCUT2D eigenvalue weighted by atomic mass is 32.2. The third-order valence-corrected chi connectivity index (χ3v) is 4.71. The number of anilines is 1. The van der Waals surface area contributed by atoms with Crippen molar-refractivity contribution in [1.29, 1.82) is 0 Å². The van der Waals surface area contributed by atoms with Crippen LogP contribution in [0, 0.1) is 5.92 Å². The number of hydrogen-bond donors (Lipinski definition) is 2. The Morgan fingerprint density at radius 1 is 1.26 bits per heavy atom. The van der Waals surface area contributed by atoms with Crippen LogP contribution in [0.25, 0.3) is 0 Å². The minimum absolute atomic E-state index is 0.109. The molecule has 0 aliphatic heterocycles. The molecule has 0 spiro atoms. The molecule has 1 fully saturated rings. The average Bonchev–Trinajstić information content (AvgIpc) is 3.26. The Morgan fingerprint density at radius 3 is 2.48 bits per heavy atom. The summed E-state index contributed by atoms with van der Waals surface area (Å²) >= 11 is 0. The summed E-state index contributed by atoms with van der Waals surface area (Å²) in [5.74, 6) is -2.02. The number of sulfonamides is 1. The lowest BCUT2D eigenvalue weighted by molar-refractivity contribution is -0.151. The lowest BCUT2D eigenvalue weighted by Gasteiger charge is -2.20. The second kappa shape index (κ2) is 8.16. The van der Waals surface area contributed by atoms with Gasteiger partial charge in [-0.3, -0.25) is 14.3 Å². The van der Waals surface area contributed by atoms with Crippen molar-refractivity contribution < 1.29 is 32.6 Å². The molecule has 0 unspecified atom stereocenters. The van der Waals surface area contributed by atoms with Gasteiger partial charge in [0.2, 0.25) is 10.0 Å². The van der Waals surface area contributed by atoms with Gasteiger partial charge in [0.1, 0.15) is 11.4 Å². The molecule has 0 aromatic heterocycles. The molecule has 27 heavy (non-hydrogen) atoms. The van der Waals surface area contributed by atoms with Crippen LogP contribution in [-0.2, 0) is 30.8 Å². The Balaban J connectivity index is 2.16. The fraction of sp³-hybridized carbons (Fsp3) is 0.556. The number of nitrogens with one attached hydrogen (secondary N) is 1. The first kappa shape index (κ1) is 21.0. The Hall–Kier alpha value is -2.29. The van der Waals surface area contributed by atoms with Gasteiger partial charge in [0.15, 0.2) is 5.75 Å². The molecule has 1 aliphatic carbocycles. The van der Waals surface area contributed by atoms with E-state index in [1.54, 1.807) is 26.8 Å². The predicted octanol–water partition coefficient (Wildman–Crippen LogP) is 2.19. The number of carbonyl (C=O) groups is 2. The summed E-state index contributed by atoms with van der Waals surface area (Å²) in [4.78, 5) is 22.8. The van der Waals surface area contributed by atoms with Crippen LogP contribution in [0.15, 0.2) is 18.2 Å². The molecule has 1 aromatic carbocycles. The summed E-state index contributed by atoms with van der Waals surface area (Å²) in [6, 6.07) is 4.51. The van der Waals surface area contributed by atoms with Crippen molar-refractivity contribution in [3.63, 3.8) is 0 Å². The molecular formula is C18H25NO7S. The van der Waals surface area contributed by atoms with Crippen molar-refractivity contribution in [2.45, 2.75) is 45.6 Å². The van der Waals surface area contributed by atoms with Crippen LogP contribution in [0.1, 0.15) is 39.2 Å². The maximum atomic E-state index is 12.3. The van der Waals surface area contributed by atoms with E-state index in [9.17, 15) is 18.0 Å². The molecule has 1 aromatic rings. The third kappa shape index (κ3) is 7.86. The molecule has 1 aliphatic rings. The summed E-state index contributed by atoms with van der Waals surface area (Å²) in [5, 5.41) is 8.94. The number of esters is 1. The van der Waals surface area contributed by atoms with E-state index in [4.69, 9.17) is 14.6 Å². The standard InChI is InChI=1S/C18H25NO7S/c1-18(2,3)26-17(22)11-27(23,24)19-14-8-13(9-16(20)21)6-7-15(14)25-10-12-4-5-12/h6-8,12,19H,4-5,9-11H2,1-3H3,(H,20,21). The number of carbonyl (C=O) groups excluding carboxylic acids is 1. The summed E-state index contributed by atoms with van der Waals surface area (Å²) in [6.07, 6.45) is 1.87. The summed E-state index contributed by atoms with van der Waals surface area (Å²) < 4.78 is 37.7. The van der Waals surface area contributed by atoms with E-state index in [2.05, 4.69) is 4.72 Å². The molecular weight excluding hydrogens is 374 g/mol. The summed E-state index contributed by atoms with van der Waals surface area (Å²) in [5.41, 5.74) is -0.277. The molecule has 9 heteroatoms. The molecule has 2 rings (SSSR count). The van der Waals surface area contributed by atoms with Gasteiger partial charge in [-0.2, -0.15) is 0 Å². The number of rotatable bonds is 9. The highest BCUT2D eigenvalue weighted by Crippen LogP contribution is 2.33. The molecule has 8 nitrogen and oxygen atoms in total. The first-order valence-corrected chi connectivity index (χ1v) is 10.3. The first-order chi connectivity index (χ1) is 12.4. The lowest BCUT2D eigenvalue weighted by atomic mass is 10.1. The fourth-order valence-corrected chi connectivity index (χ4v) is 3.23. The minimum atomic E-state index is -4.05. The molecule has 150 valence electrons. The number of carboxylic acids is 1. The van der Waals surface area contributed by atoms with Crippen LogP contribution in [0.4, 0.5) is 5.69 Å². The van der Waals surface area contributed by atoms with Crippen LogP contribution in [0.2, 0.25) is 0 Å². The average molecular weight is 399 g/mol. The minimum Gasteiger partial charge on any atom is -0.491 e. The van der Waals surface area contributed by atoms with Crippen molar-refractivity contribution in [2.24, 2.45) is 5.92 Å². The molecule has 1 saturated carbocycles. The van der Waals surface area contributed by atoms with E-state index in [-0.39, 0.29) is 12.1 Å².